The van der Waals surface area contributed by atoms with Crippen molar-refractivity contribution in [1.29, 1.82) is 0 Å². The first kappa shape index (κ1) is 13.9. The van der Waals surface area contributed by atoms with E-state index in [1.807, 2.05) is 0 Å². The molecule has 1 heterocycles. The molecule has 0 radical (unpaired) electrons. The lowest BCUT2D eigenvalue weighted by Crippen LogP contribution is -2.41. The highest BCUT2D eigenvalue weighted by molar-refractivity contribution is 9.10. The van der Waals surface area contributed by atoms with Gasteiger partial charge < -0.3 is 10.1 Å². The van der Waals surface area contributed by atoms with E-state index in [1.165, 1.54) is 5.56 Å². The first-order valence-electron chi connectivity index (χ1n) is 6.80. The average molecular weight is 312 g/mol. The second-order valence-electron chi connectivity index (χ2n) is 5.30. The molecule has 18 heavy (non-hydrogen) atoms. The van der Waals surface area contributed by atoms with Crippen molar-refractivity contribution in [2.75, 3.05) is 6.54 Å². The van der Waals surface area contributed by atoms with Crippen LogP contribution >= 0.6 is 15.9 Å². The van der Waals surface area contributed by atoms with Crippen molar-refractivity contribution in [3.63, 3.8) is 0 Å². The smallest absolute Gasteiger partial charge is 0.126 e. The molecule has 1 aromatic rings. The summed E-state index contributed by atoms with van der Waals surface area (Å²) in [7, 11) is 0. The fourth-order valence-electron chi connectivity index (χ4n) is 2.45. The second-order valence-corrected chi connectivity index (χ2v) is 6.21. The van der Waals surface area contributed by atoms with Crippen molar-refractivity contribution in [2.45, 2.75) is 51.7 Å². The van der Waals surface area contributed by atoms with E-state index in [-0.39, 0.29) is 5.60 Å². The highest BCUT2D eigenvalue weighted by Gasteiger charge is 2.35. The molecule has 0 amide bonds. The lowest BCUT2D eigenvalue weighted by molar-refractivity contribution is 0.0442. The van der Waals surface area contributed by atoms with E-state index < -0.39 is 0 Å². The number of ether oxygens (including phenoxy) is 1. The monoisotopic (exact) mass is 311 g/mol. The molecule has 1 N–H and O–H groups in total. The zero-order valence-electron chi connectivity index (χ0n) is 11.4. The fraction of sp³-hybridized carbons (Fsp3) is 0.600. The lowest BCUT2D eigenvalue weighted by Gasteiger charge is -2.40. The normalized spacial score (nSPS) is 26.6. The maximum atomic E-state index is 6.19. The topological polar surface area (TPSA) is 21.3 Å². The first-order valence-corrected chi connectivity index (χ1v) is 7.59. The molecular formula is C15H22BrNO. The van der Waals surface area contributed by atoms with Gasteiger partial charge in [-0.15, -0.1) is 0 Å². The number of fused-ring (bicyclic) bond motifs is 1. The van der Waals surface area contributed by atoms with Crippen LogP contribution in [0.2, 0.25) is 0 Å². The Hall–Kier alpha value is -0.540. The Morgan fingerprint density at radius 2 is 2.22 bits per heavy atom. The minimum atomic E-state index is -0.0563. The van der Waals surface area contributed by atoms with Crippen LogP contribution in [0.5, 0.6) is 5.75 Å². The standard InChI is InChI=1S/C15H22BrNO/c1-4-8-17-13-10-15(3,5-2)18-14-9-11(16)6-7-12(13)14/h6-7,9,13,17H,4-5,8,10H2,1-3H3. The van der Waals surface area contributed by atoms with E-state index in [2.05, 4.69) is 60.2 Å². The number of rotatable bonds is 4. The van der Waals surface area contributed by atoms with Crippen molar-refractivity contribution in [1.82, 2.24) is 5.32 Å². The molecule has 0 bridgehead atoms. The first-order chi connectivity index (χ1) is 8.58. The Labute approximate surface area is 118 Å². The predicted molar refractivity (Wildman–Crippen MR) is 79.1 cm³/mol. The van der Waals surface area contributed by atoms with Crippen molar-refractivity contribution in [3.05, 3.63) is 28.2 Å². The number of hydrogen-bond donors (Lipinski definition) is 1. The van der Waals surface area contributed by atoms with E-state index in [0.29, 0.717) is 6.04 Å². The maximum Gasteiger partial charge on any atom is 0.126 e. The molecule has 0 fully saturated rings. The van der Waals surface area contributed by atoms with Gasteiger partial charge in [-0.1, -0.05) is 35.8 Å². The van der Waals surface area contributed by atoms with Gasteiger partial charge in [-0.05, 0) is 38.4 Å². The van der Waals surface area contributed by atoms with Crippen molar-refractivity contribution in [2.24, 2.45) is 0 Å². The highest BCUT2D eigenvalue weighted by atomic mass is 79.9. The second kappa shape index (κ2) is 5.62. The van der Waals surface area contributed by atoms with Gasteiger partial charge in [-0.25, -0.2) is 0 Å². The largest absolute Gasteiger partial charge is 0.487 e. The molecule has 1 aromatic carbocycles. The minimum absolute atomic E-state index is 0.0563. The maximum absolute atomic E-state index is 6.19. The Balaban J connectivity index is 2.31. The molecule has 0 aliphatic carbocycles. The van der Waals surface area contributed by atoms with Crippen molar-refractivity contribution >= 4 is 15.9 Å². The summed E-state index contributed by atoms with van der Waals surface area (Å²) in [4.78, 5) is 0. The van der Waals surface area contributed by atoms with Crippen LogP contribution in [0.4, 0.5) is 0 Å². The number of nitrogens with one attached hydrogen (secondary N) is 1. The molecule has 3 heteroatoms. The van der Waals surface area contributed by atoms with Crippen molar-refractivity contribution < 1.29 is 4.74 Å². The Morgan fingerprint density at radius 3 is 2.89 bits per heavy atom. The van der Waals surface area contributed by atoms with E-state index in [4.69, 9.17) is 4.74 Å². The summed E-state index contributed by atoms with van der Waals surface area (Å²) in [6, 6.07) is 6.76. The molecule has 2 atom stereocenters. The summed E-state index contributed by atoms with van der Waals surface area (Å²) in [5.74, 6) is 1.02. The SMILES string of the molecule is CCCNC1CC(C)(CC)Oc2cc(Br)ccc21. The third kappa shape index (κ3) is 2.89. The van der Waals surface area contributed by atoms with Gasteiger partial charge >= 0.3 is 0 Å². The molecule has 0 spiro atoms. The molecule has 0 saturated carbocycles. The third-order valence-corrected chi connectivity index (χ3v) is 4.23. The van der Waals surface area contributed by atoms with Gasteiger partial charge in [0.05, 0.1) is 0 Å². The van der Waals surface area contributed by atoms with Gasteiger partial charge in [0, 0.05) is 22.5 Å². The third-order valence-electron chi connectivity index (χ3n) is 3.73. The van der Waals surface area contributed by atoms with E-state index in [0.717, 1.165) is 36.0 Å². The van der Waals surface area contributed by atoms with Crippen LogP contribution in [0.3, 0.4) is 0 Å². The molecule has 100 valence electrons. The Bertz CT molecular complexity index is 421. The molecule has 0 saturated heterocycles. The minimum Gasteiger partial charge on any atom is -0.487 e. The van der Waals surface area contributed by atoms with Gasteiger partial charge in [-0.2, -0.15) is 0 Å². The highest BCUT2D eigenvalue weighted by Crippen LogP contribution is 2.42. The lowest BCUT2D eigenvalue weighted by atomic mass is 9.86. The van der Waals surface area contributed by atoms with Crippen LogP contribution in [0.1, 0.15) is 51.6 Å². The van der Waals surface area contributed by atoms with Crippen LogP contribution in [0, 0.1) is 0 Å². The number of halogens is 1. The summed E-state index contributed by atoms with van der Waals surface area (Å²) in [6.07, 6.45) is 3.23. The van der Waals surface area contributed by atoms with Crippen LogP contribution in [0.15, 0.2) is 22.7 Å². The number of benzene rings is 1. The summed E-state index contributed by atoms with van der Waals surface area (Å²) in [5.41, 5.74) is 1.23. The molecular weight excluding hydrogens is 290 g/mol. The summed E-state index contributed by atoms with van der Waals surface area (Å²) in [6.45, 7) is 7.66. The molecule has 2 rings (SSSR count). The van der Waals surface area contributed by atoms with Gasteiger partial charge in [0.2, 0.25) is 0 Å². The van der Waals surface area contributed by atoms with Crippen LogP contribution in [-0.4, -0.2) is 12.1 Å². The summed E-state index contributed by atoms with van der Waals surface area (Å²) < 4.78 is 7.27. The zero-order valence-corrected chi connectivity index (χ0v) is 13.0. The molecule has 2 unspecified atom stereocenters. The number of hydrogen-bond acceptors (Lipinski definition) is 2. The van der Waals surface area contributed by atoms with Gasteiger partial charge in [0.25, 0.3) is 0 Å². The Morgan fingerprint density at radius 1 is 1.44 bits per heavy atom. The van der Waals surface area contributed by atoms with Gasteiger partial charge in [-0.3, -0.25) is 0 Å². The quantitative estimate of drug-likeness (QED) is 0.887. The Kier molecular flexibility index (Phi) is 4.33. The summed E-state index contributed by atoms with van der Waals surface area (Å²) >= 11 is 3.52. The van der Waals surface area contributed by atoms with Crippen LogP contribution in [-0.2, 0) is 0 Å². The molecule has 1 aliphatic heterocycles. The predicted octanol–water partition coefficient (Wildman–Crippen LogP) is 4.44. The van der Waals surface area contributed by atoms with E-state index in [1.54, 1.807) is 0 Å². The van der Waals surface area contributed by atoms with Crippen LogP contribution < -0.4 is 10.1 Å². The van der Waals surface area contributed by atoms with E-state index >= 15 is 0 Å². The molecule has 1 aliphatic rings. The average Bonchev–Trinajstić information content (AvgIpc) is 2.35. The van der Waals surface area contributed by atoms with Crippen molar-refractivity contribution in [3.8, 4) is 5.75 Å². The van der Waals surface area contributed by atoms with Crippen LogP contribution in [0.25, 0.3) is 0 Å². The van der Waals surface area contributed by atoms with Gasteiger partial charge in [0.1, 0.15) is 11.4 Å². The summed E-state index contributed by atoms with van der Waals surface area (Å²) in [5, 5.41) is 3.64. The van der Waals surface area contributed by atoms with E-state index in [9.17, 15) is 0 Å². The molecule has 2 nitrogen and oxygen atoms in total. The molecule has 0 aromatic heterocycles. The fourth-order valence-corrected chi connectivity index (χ4v) is 2.79. The zero-order chi connectivity index (χ0) is 13.2. The van der Waals surface area contributed by atoms with Gasteiger partial charge in [0.15, 0.2) is 0 Å².